The van der Waals surface area contributed by atoms with E-state index in [0.29, 0.717) is 11.4 Å². The number of hydrogen-bond donors (Lipinski definition) is 1. The van der Waals surface area contributed by atoms with Crippen LogP contribution in [-0.4, -0.2) is 15.7 Å². The Morgan fingerprint density at radius 3 is 2.43 bits per heavy atom. The van der Waals surface area contributed by atoms with Gasteiger partial charge in [0.15, 0.2) is 5.69 Å². The maximum Gasteiger partial charge on any atom is 0.416 e. The summed E-state index contributed by atoms with van der Waals surface area (Å²) in [6, 6.07) is 12.7. The third-order valence-corrected chi connectivity index (χ3v) is 4.13. The molecule has 3 aromatic rings. The Bertz CT molecular complexity index is 1100. The average Bonchev–Trinajstić information content (AvgIpc) is 2.63. The molecular weight excluding hydrogens is 371 g/mol. The minimum absolute atomic E-state index is 0.0947. The van der Waals surface area contributed by atoms with Crippen molar-refractivity contribution in [3.63, 3.8) is 0 Å². The van der Waals surface area contributed by atoms with Crippen molar-refractivity contribution in [1.29, 1.82) is 0 Å². The van der Waals surface area contributed by atoms with Gasteiger partial charge in [-0.05, 0) is 43.7 Å². The molecule has 0 bridgehead atoms. The van der Waals surface area contributed by atoms with E-state index in [2.05, 4.69) is 10.4 Å². The first-order chi connectivity index (χ1) is 13.2. The van der Waals surface area contributed by atoms with Crippen molar-refractivity contribution in [3.05, 3.63) is 87.3 Å². The van der Waals surface area contributed by atoms with E-state index in [1.165, 1.54) is 25.1 Å². The second-order valence-corrected chi connectivity index (χ2v) is 6.23. The van der Waals surface area contributed by atoms with Crippen LogP contribution < -0.4 is 10.7 Å². The molecule has 0 spiro atoms. The highest BCUT2D eigenvalue weighted by molar-refractivity contribution is 6.03. The number of alkyl halides is 3. The molecule has 0 saturated carbocycles. The lowest BCUT2D eigenvalue weighted by Crippen LogP contribution is -2.27. The zero-order valence-electron chi connectivity index (χ0n) is 15.0. The highest BCUT2D eigenvalue weighted by atomic mass is 19.4. The van der Waals surface area contributed by atoms with Crippen LogP contribution in [0.25, 0.3) is 5.69 Å². The molecule has 2 aromatic carbocycles. The molecule has 144 valence electrons. The van der Waals surface area contributed by atoms with Gasteiger partial charge in [-0.15, -0.1) is 0 Å². The number of halogens is 3. The summed E-state index contributed by atoms with van der Waals surface area (Å²) in [4.78, 5) is 24.8. The van der Waals surface area contributed by atoms with E-state index in [4.69, 9.17) is 0 Å². The summed E-state index contributed by atoms with van der Waals surface area (Å²) >= 11 is 0. The first-order valence-corrected chi connectivity index (χ1v) is 8.32. The van der Waals surface area contributed by atoms with Gasteiger partial charge in [-0.2, -0.15) is 18.3 Å². The Labute approximate surface area is 158 Å². The van der Waals surface area contributed by atoms with E-state index in [-0.39, 0.29) is 5.69 Å². The molecule has 0 aliphatic rings. The normalized spacial score (nSPS) is 11.3. The molecule has 1 heterocycles. The lowest BCUT2D eigenvalue weighted by atomic mass is 10.2. The van der Waals surface area contributed by atoms with Crippen LogP contribution in [0.2, 0.25) is 0 Å². The number of rotatable bonds is 3. The van der Waals surface area contributed by atoms with Gasteiger partial charge >= 0.3 is 6.18 Å². The monoisotopic (exact) mass is 387 g/mol. The summed E-state index contributed by atoms with van der Waals surface area (Å²) in [5.74, 6) is -0.736. The molecule has 0 radical (unpaired) electrons. The molecule has 0 saturated heterocycles. The zero-order chi connectivity index (χ0) is 20.5. The molecule has 5 nitrogen and oxygen atoms in total. The van der Waals surface area contributed by atoms with Gasteiger partial charge in [0.2, 0.25) is 5.43 Å². The molecular formula is C20H16F3N3O2. The van der Waals surface area contributed by atoms with E-state index >= 15 is 0 Å². The van der Waals surface area contributed by atoms with Gasteiger partial charge in [0.25, 0.3) is 5.91 Å². The number of para-hydroxylation sites is 1. The highest BCUT2D eigenvalue weighted by Crippen LogP contribution is 2.30. The SMILES string of the molecule is Cc1ccccc1NC(=O)c1nn(-c2cccc(C(F)(F)F)c2)c(C)cc1=O. The minimum Gasteiger partial charge on any atom is -0.320 e. The zero-order valence-corrected chi connectivity index (χ0v) is 15.0. The fraction of sp³-hybridized carbons (Fsp3) is 0.150. The number of carbonyl (C=O) groups is 1. The quantitative estimate of drug-likeness (QED) is 0.735. The van der Waals surface area contributed by atoms with Crippen molar-refractivity contribution in [2.75, 3.05) is 5.32 Å². The second-order valence-electron chi connectivity index (χ2n) is 6.23. The summed E-state index contributed by atoms with van der Waals surface area (Å²) in [5, 5.41) is 6.62. The van der Waals surface area contributed by atoms with Crippen molar-refractivity contribution >= 4 is 11.6 Å². The van der Waals surface area contributed by atoms with Gasteiger partial charge in [-0.1, -0.05) is 24.3 Å². The van der Waals surface area contributed by atoms with Crippen molar-refractivity contribution in [2.24, 2.45) is 0 Å². The van der Waals surface area contributed by atoms with Gasteiger partial charge < -0.3 is 5.32 Å². The summed E-state index contributed by atoms with van der Waals surface area (Å²) in [5.41, 5.74) is -0.177. The summed E-state index contributed by atoms with van der Waals surface area (Å²) < 4.78 is 40.1. The van der Waals surface area contributed by atoms with Crippen LogP contribution in [0.1, 0.15) is 27.3 Å². The van der Waals surface area contributed by atoms with E-state index in [1.807, 2.05) is 0 Å². The van der Waals surface area contributed by atoms with Crippen molar-refractivity contribution in [3.8, 4) is 5.69 Å². The number of hydrogen-bond acceptors (Lipinski definition) is 3. The number of anilines is 1. The molecule has 0 atom stereocenters. The van der Waals surface area contributed by atoms with Crippen LogP contribution in [0.3, 0.4) is 0 Å². The Kier molecular flexibility index (Phi) is 5.04. The van der Waals surface area contributed by atoms with Gasteiger partial charge in [0, 0.05) is 17.4 Å². The average molecular weight is 387 g/mol. The predicted molar refractivity (Wildman–Crippen MR) is 98.7 cm³/mol. The van der Waals surface area contributed by atoms with Crippen molar-refractivity contribution in [2.45, 2.75) is 20.0 Å². The molecule has 8 heteroatoms. The maximum absolute atomic E-state index is 13.0. The lowest BCUT2D eigenvalue weighted by molar-refractivity contribution is -0.137. The number of carbonyl (C=O) groups excluding carboxylic acids is 1. The summed E-state index contributed by atoms with van der Waals surface area (Å²) in [6.45, 7) is 3.32. The van der Waals surface area contributed by atoms with E-state index in [0.717, 1.165) is 22.4 Å². The van der Waals surface area contributed by atoms with Crippen LogP contribution >= 0.6 is 0 Å². The smallest absolute Gasteiger partial charge is 0.320 e. The van der Waals surface area contributed by atoms with Crippen molar-refractivity contribution in [1.82, 2.24) is 9.78 Å². The number of aryl methyl sites for hydroxylation is 2. The molecule has 1 amide bonds. The summed E-state index contributed by atoms with van der Waals surface area (Å²) in [7, 11) is 0. The van der Waals surface area contributed by atoms with Crippen LogP contribution in [-0.2, 0) is 6.18 Å². The Morgan fingerprint density at radius 2 is 1.75 bits per heavy atom. The topological polar surface area (TPSA) is 64.0 Å². The van der Waals surface area contributed by atoms with Gasteiger partial charge in [0.1, 0.15) is 0 Å². The van der Waals surface area contributed by atoms with Crippen LogP contribution in [0.15, 0.2) is 59.4 Å². The highest BCUT2D eigenvalue weighted by Gasteiger charge is 2.30. The Balaban J connectivity index is 2.03. The fourth-order valence-electron chi connectivity index (χ4n) is 2.67. The van der Waals surface area contributed by atoms with Crippen molar-refractivity contribution < 1.29 is 18.0 Å². The molecule has 1 aromatic heterocycles. The number of benzene rings is 2. The maximum atomic E-state index is 13.0. The number of nitrogens with one attached hydrogen (secondary N) is 1. The van der Waals surface area contributed by atoms with Gasteiger partial charge in [-0.25, -0.2) is 4.68 Å². The predicted octanol–water partition coefficient (Wildman–Crippen LogP) is 4.12. The van der Waals surface area contributed by atoms with E-state index < -0.39 is 28.8 Å². The van der Waals surface area contributed by atoms with Gasteiger partial charge in [0.05, 0.1) is 11.3 Å². The fourth-order valence-corrected chi connectivity index (χ4v) is 2.67. The molecule has 0 unspecified atom stereocenters. The van der Waals surface area contributed by atoms with Gasteiger partial charge in [-0.3, -0.25) is 9.59 Å². The Morgan fingerprint density at radius 1 is 1.04 bits per heavy atom. The number of amides is 1. The number of nitrogens with zero attached hydrogens (tertiary/aromatic N) is 2. The van der Waals surface area contributed by atoms with Crippen LogP contribution in [0, 0.1) is 13.8 Å². The third-order valence-electron chi connectivity index (χ3n) is 4.13. The molecule has 3 rings (SSSR count). The first kappa shape index (κ1) is 19.3. The molecule has 28 heavy (non-hydrogen) atoms. The molecule has 1 N–H and O–H groups in total. The first-order valence-electron chi connectivity index (χ1n) is 8.32. The standard InChI is InChI=1S/C20H16F3N3O2/c1-12-6-3-4-9-16(12)24-19(28)18-17(27)10-13(2)26(25-18)15-8-5-7-14(11-15)20(21,22)23/h3-11H,1-2H3,(H,24,28). The molecule has 0 aliphatic heterocycles. The van der Waals surface area contributed by atoms with Crippen LogP contribution in [0.5, 0.6) is 0 Å². The minimum atomic E-state index is -4.52. The summed E-state index contributed by atoms with van der Waals surface area (Å²) in [6.07, 6.45) is -4.52. The molecule has 0 fully saturated rings. The van der Waals surface area contributed by atoms with Crippen LogP contribution in [0.4, 0.5) is 18.9 Å². The largest absolute Gasteiger partial charge is 0.416 e. The number of aromatic nitrogens is 2. The molecule has 0 aliphatic carbocycles. The lowest BCUT2D eigenvalue weighted by Gasteiger charge is -2.14. The second kappa shape index (κ2) is 7.30. The van der Waals surface area contributed by atoms with E-state index in [1.54, 1.807) is 31.2 Å². The Hall–Kier alpha value is -3.42. The van der Waals surface area contributed by atoms with E-state index in [9.17, 15) is 22.8 Å². The third kappa shape index (κ3) is 3.95.